The van der Waals surface area contributed by atoms with Crippen molar-refractivity contribution in [2.24, 2.45) is 0 Å². The predicted octanol–water partition coefficient (Wildman–Crippen LogP) is 4.18. The fraction of sp³-hybridized carbons (Fsp3) is 0.190. The summed E-state index contributed by atoms with van der Waals surface area (Å²) in [7, 11) is 0. The van der Waals surface area contributed by atoms with Crippen molar-refractivity contribution < 1.29 is 18.0 Å². The number of aromatic nitrogens is 2. The van der Waals surface area contributed by atoms with E-state index >= 15 is 0 Å². The molecule has 0 unspecified atom stereocenters. The summed E-state index contributed by atoms with van der Waals surface area (Å²) in [6.45, 7) is 3.54. The van der Waals surface area contributed by atoms with Gasteiger partial charge in [-0.15, -0.1) is 0 Å². The third kappa shape index (κ3) is 4.90. The van der Waals surface area contributed by atoms with Crippen LogP contribution < -0.4 is 10.9 Å². The highest BCUT2D eigenvalue weighted by molar-refractivity contribution is 5.91. The second-order valence-electron chi connectivity index (χ2n) is 6.68. The zero-order valence-electron chi connectivity index (χ0n) is 15.7. The Morgan fingerprint density at radius 2 is 1.76 bits per heavy atom. The lowest BCUT2D eigenvalue weighted by atomic mass is 10.1. The van der Waals surface area contributed by atoms with Gasteiger partial charge in [-0.25, -0.2) is 4.98 Å². The van der Waals surface area contributed by atoms with E-state index < -0.39 is 17.3 Å². The number of nitrogens with zero attached hydrogens (tertiary/aromatic N) is 2. The van der Waals surface area contributed by atoms with Gasteiger partial charge in [0.2, 0.25) is 5.91 Å². The quantitative estimate of drug-likeness (QED) is 0.713. The second kappa shape index (κ2) is 7.90. The third-order valence-electron chi connectivity index (χ3n) is 4.37. The minimum absolute atomic E-state index is 0.230. The van der Waals surface area contributed by atoms with Crippen molar-refractivity contribution >= 4 is 11.6 Å². The highest BCUT2D eigenvalue weighted by Crippen LogP contribution is 2.30. The summed E-state index contributed by atoms with van der Waals surface area (Å²) in [4.78, 5) is 28.7. The summed E-state index contributed by atoms with van der Waals surface area (Å²) in [5.41, 5.74) is 1.90. The van der Waals surface area contributed by atoms with Crippen molar-refractivity contribution in [2.75, 3.05) is 5.32 Å². The molecule has 0 aliphatic heterocycles. The fourth-order valence-electron chi connectivity index (χ4n) is 2.75. The van der Waals surface area contributed by atoms with E-state index in [-0.39, 0.29) is 18.1 Å². The third-order valence-corrected chi connectivity index (χ3v) is 4.37. The van der Waals surface area contributed by atoms with Crippen LogP contribution in [0.2, 0.25) is 0 Å². The first kappa shape index (κ1) is 20.3. The number of hydrogen-bond donors (Lipinski definition) is 1. The number of halogens is 3. The highest BCUT2D eigenvalue weighted by atomic mass is 19.4. The van der Waals surface area contributed by atoms with E-state index in [1.807, 2.05) is 32.0 Å². The SMILES string of the molecule is Cc1ccc(C)c(NC(=O)Cn2cnc(-c3ccc(C(F)(F)F)cc3)cc2=O)c1. The average Bonchev–Trinajstić information content (AvgIpc) is 2.66. The van der Waals surface area contributed by atoms with Crippen LogP contribution in [-0.4, -0.2) is 15.5 Å². The summed E-state index contributed by atoms with van der Waals surface area (Å²) < 4.78 is 39.1. The lowest BCUT2D eigenvalue weighted by molar-refractivity contribution is -0.137. The molecule has 3 aromatic rings. The molecule has 0 spiro atoms. The molecule has 0 aliphatic rings. The normalized spacial score (nSPS) is 11.3. The molecule has 1 heterocycles. The highest BCUT2D eigenvalue weighted by Gasteiger charge is 2.30. The van der Waals surface area contributed by atoms with Gasteiger partial charge in [-0.3, -0.25) is 14.2 Å². The molecule has 150 valence electrons. The summed E-state index contributed by atoms with van der Waals surface area (Å²) in [6.07, 6.45) is -3.23. The maximum absolute atomic E-state index is 12.7. The van der Waals surface area contributed by atoms with E-state index in [2.05, 4.69) is 10.3 Å². The van der Waals surface area contributed by atoms with Gasteiger partial charge in [-0.2, -0.15) is 13.2 Å². The zero-order chi connectivity index (χ0) is 21.2. The molecule has 29 heavy (non-hydrogen) atoms. The van der Waals surface area contributed by atoms with Crippen LogP contribution in [0.4, 0.5) is 18.9 Å². The van der Waals surface area contributed by atoms with Gasteiger partial charge in [0.15, 0.2) is 0 Å². The van der Waals surface area contributed by atoms with Gasteiger partial charge in [0.05, 0.1) is 17.6 Å². The van der Waals surface area contributed by atoms with Crippen LogP contribution in [-0.2, 0) is 17.5 Å². The Bertz CT molecular complexity index is 1100. The van der Waals surface area contributed by atoms with E-state index in [1.54, 1.807) is 0 Å². The van der Waals surface area contributed by atoms with Gasteiger partial charge < -0.3 is 5.32 Å². The first-order chi connectivity index (χ1) is 13.6. The minimum Gasteiger partial charge on any atom is -0.324 e. The number of nitrogens with one attached hydrogen (secondary N) is 1. The smallest absolute Gasteiger partial charge is 0.324 e. The number of carbonyl (C=O) groups is 1. The van der Waals surface area contributed by atoms with Crippen molar-refractivity contribution in [1.82, 2.24) is 9.55 Å². The predicted molar refractivity (Wildman–Crippen MR) is 103 cm³/mol. The fourth-order valence-corrected chi connectivity index (χ4v) is 2.75. The summed E-state index contributed by atoms with van der Waals surface area (Å²) >= 11 is 0. The summed E-state index contributed by atoms with van der Waals surface area (Å²) in [5.74, 6) is -0.384. The largest absolute Gasteiger partial charge is 0.416 e. The first-order valence-corrected chi connectivity index (χ1v) is 8.75. The van der Waals surface area contributed by atoms with Crippen LogP contribution in [0.25, 0.3) is 11.3 Å². The van der Waals surface area contributed by atoms with E-state index in [0.717, 1.165) is 27.8 Å². The van der Waals surface area contributed by atoms with Crippen LogP contribution in [0.3, 0.4) is 0 Å². The molecule has 0 radical (unpaired) electrons. The molecule has 0 atom stereocenters. The molecule has 0 saturated carbocycles. The number of hydrogen-bond acceptors (Lipinski definition) is 3. The molecule has 1 amide bonds. The molecule has 3 rings (SSSR count). The number of alkyl halides is 3. The van der Waals surface area contributed by atoms with E-state index in [1.165, 1.54) is 24.5 Å². The van der Waals surface area contributed by atoms with E-state index in [4.69, 9.17) is 0 Å². The van der Waals surface area contributed by atoms with Crippen LogP contribution in [0.1, 0.15) is 16.7 Å². The van der Waals surface area contributed by atoms with Crippen molar-refractivity contribution in [2.45, 2.75) is 26.6 Å². The molecule has 2 aromatic carbocycles. The molecule has 1 aromatic heterocycles. The second-order valence-corrected chi connectivity index (χ2v) is 6.68. The van der Waals surface area contributed by atoms with Gasteiger partial charge >= 0.3 is 6.18 Å². The van der Waals surface area contributed by atoms with Crippen LogP contribution in [0.5, 0.6) is 0 Å². The standard InChI is InChI=1S/C21H18F3N3O2/c1-13-3-4-14(2)17(9-13)26-19(28)11-27-12-25-18(10-20(27)29)15-5-7-16(8-6-15)21(22,23)24/h3-10,12H,11H2,1-2H3,(H,26,28). The number of anilines is 1. The first-order valence-electron chi connectivity index (χ1n) is 8.75. The molecule has 0 saturated heterocycles. The number of aryl methyl sites for hydroxylation is 2. The lowest BCUT2D eigenvalue weighted by Gasteiger charge is -2.11. The monoisotopic (exact) mass is 401 g/mol. The lowest BCUT2D eigenvalue weighted by Crippen LogP contribution is -2.27. The molecular weight excluding hydrogens is 383 g/mol. The van der Waals surface area contributed by atoms with Gasteiger partial charge in [0.1, 0.15) is 6.54 Å². The van der Waals surface area contributed by atoms with Gasteiger partial charge in [0, 0.05) is 17.3 Å². The Labute approximate surface area is 164 Å². The van der Waals surface area contributed by atoms with E-state index in [9.17, 15) is 22.8 Å². The van der Waals surface area contributed by atoms with E-state index in [0.29, 0.717) is 11.3 Å². The molecule has 5 nitrogen and oxygen atoms in total. The van der Waals surface area contributed by atoms with Crippen molar-refractivity contribution in [1.29, 1.82) is 0 Å². The summed E-state index contributed by atoms with van der Waals surface area (Å²) in [6, 6.07) is 11.2. The molecule has 8 heteroatoms. The maximum atomic E-state index is 12.7. The Morgan fingerprint density at radius 3 is 2.38 bits per heavy atom. The number of rotatable bonds is 4. The maximum Gasteiger partial charge on any atom is 0.416 e. The van der Waals surface area contributed by atoms with Crippen molar-refractivity contribution in [3.63, 3.8) is 0 Å². The summed E-state index contributed by atoms with van der Waals surface area (Å²) in [5, 5.41) is 2.76. The number of amides is 1. The van der Waals surface area contributed by atoms with Crippen LogP contribution in [0, 0.1) is 13.8 Å². The Morgan fingerprint density at radius 1 is 1.07 bits per heavy atom. The molecular formula is C21H18F3N3O2. The van der Waals surface area contributed by atoms with Crippen LogP contribution in [0.15, 0.2) is 59.7 Å². The topological polar surface area (TPSA) is 64.0 Å². The van der Waals surface area contributed by atoms with Crippen LogP contribution >= 0.6 is 0 Å². The van der Waals surface area contributed by atoms with Gasteiger partial charge in [-0.05, 0) is 43.2 Å². The Hall–Kier alpha value is -3.42. The van der Waals surface area contributed by atoms with Gasteiger partial charge in [0.25, 0.3) is 5.56 Å². The zero-order valence-corrected chi connectivity index (χ0v) is 15.7. The van der Waals surface area contributed by atoms with Gasteiger partial charge in [-0.1, -0.05) is 24.3 Å². The average molecular weight is 401 g/mol. The number of benzene rings is 2. The van der Waals surface area contributed by atoms with Crippen molar-refractivity contribution in [3.05, 3.63) is 81.9 Å². The Balaban J connectivity index is 1.75. The Kier molecular flexibility index (Phi) is 5.54. The molecule has 0 fully saturated rings. The minimum atomic E-state index is -4.43. The molecule has 1 N–H and O–H groups in total. The van der Waals surface area contributed by atoms with Crippen molar-refractivity contribution in [3.8, 4) is 11.3 Å². The molecule has 0 bridgehead atoms. The number of carbonyl (C=O) groups excluding carboxylic acids is 1. The molecule has 0 aliphatic carbocycles.